The van der Waals surface area contributed by atoms with Gasteiger partial charge in [0.05, 0.1) is 6.04 Å². The molecule has 0 saturated carbocycles. The van der Waals surface area contributed by atoms with E-state index in [2.05, 4.69) is 11.9 Å². The lowest BCUT2D eigenvalue weighted by atomic mass is 10.0. The predicted octanol–water partition coefficient (Wildman–Crippen LogP) is 2.17. The van der Waals surface area contributed by atoms with Crippen LogP contribution in [0.1, 0.15) is 26.2 Å². The number of hydrogen-bond donors (Lipinski definition) is 1. The zero-order valence-electron chi connectivity index (χ0n) is 10.4. The summed E-state index contributed by atoms with van der Waals surface area (Å²) >= 11 is 0. The number of nitrogens with one attached hydrogen (secondary N) is 1. The molecule has 0 aromatic heterocycles. The van der Waals surface area contributed by atoms with Crippen LogP contribution in [0.15, 0.2) is 36.3 Å². The fraction of sp³-hybridized carbons (Fsp3) is 0.462. The summed E-state index contributed by atoms with van der Waals surface area (Å²) in [6.07, 6.45) is 6.42. The van der Waals surface area contributed by atoms with Crippen LogP contribution in [0.5, 0.6) is 0 Å². The molecule has 1 amide bonds. The summed E-state index contributed by atoms with van der Waals surface area (Å²) in [6.45, 7) is 5.01. The van der Waals surface area contributed by atoms with E-state index < -0.39 is 0 Å². The third kappa shape index (κ3) is 2.98. The van der Waals surface area contributed by atoms with Crippen LogP contribution in [0, 0.1) is 0 Å². The van der Waals surface area contributed by atoms with Crippen LogP contribution < -0.4 is 5.32 Å². The number of rotatable bonds is 4. The number of amides is 1. The Bertz CT molecular complexity index is 417. The Morgan fingerprint density at radius 3 is 3.17 bits per heavy atom. The van der Waals surface area contributed by atoms with Crippen molar-refractivity contribution in [1.29, 1.82) is 0 Å². The molecule has 0 aliphatic carbocycles. The second kappa shape index (κ2) is 5.35. The average molecular weight is 252 g/mol. The van der Waals surface area contributed by atoms with E-state index in [9.17, 15) is 9.18 Å². The van der Waals surface area contributed by atoms with Gasteiger partial charge in [0.1, 0.15) is 5.83 Å². The molecule has 5 heteroatoms. The Kier molecular flexibility index (Phi) is 3.81. The molecule has 98 valence electrons. The first-order chi connectivity index (χ1) is 8.61. The molecule has 2 rings (SSSR count). The van der Waals surface area contributed by atoms with Crippen LogP contribution in [0.25, 0.3) is 0 Å². The van der Waals surface area contributed by atoms with Gasteiger partial charge in [-0.15, -0.1) is 6.58 Å². The van der Waals surface area contributed by atoms with Gasteiger partial charge < -0.3 is 5.32 Å². The second-order valence-electron chi connectivity index (χ2n) is 4.42. The highest BCUT2D eigenvalue weighted by molar-refractivity contribution is 5.73. The Balaban J connectivity index is 1.95. The normalized spacial score (nSPS) is 28.9. The second-order valence-corrected chi connectivity index (χ2v) is 4.42. The lowest BCUT2D eigenvalue weighted by Gasteiger charge is -2.20. The van der Waals surface area contributed by atoms with Crippen molar-refractivity contribution in [2.45, 2.75) is 38.5 Å². The largest absolute Gasteiger partial charge is 0.349 e. The van der Waals surface area contributed by atoms with Gasteiger partial charge in [0, 0.05) is 12.6 Å². The van der Waals surface area contributed by atoms with Crippen molar-refractivity contribution in [1.82, 2.24) is 10.4 Å². The zero-order valence-corrected chi connectivity index (χ0v) is 10.4. The van der Waals surface area contributed by atoms with E-state index in [1.807, 2.05) is 0 Å². The summed E-state index contributed by atoms with van der Waals surface area (Å²) in [7, 11) is 0. The fourth-order valence-corrected chi connectivity index (χ4v) is 2.07. The van der Waals surface area contributed by atoms with E-state index in [-0.39, 0.29) is 24.0 Å². The molecule has 0 bridgehead atoms. The fourth-order valence-electron chi connectivity index (χ4n) is 2.07. The number of halogens is 1. The molecule has 2 aliphatic rings. The van der Waals surface area contributed by atoms with Crippen LogP contribution in [-0.4, -0.2) is 23.2 Å². The predicted molar refractivity (Wildman–Crippen MR) is 65.6 cm³/mol. The van der Waals surface area contributed by atoms with E-state index in [1.54, 1.807) is 11.1 Å². The number of carbonyl (C=O) groups excluding carboxylic acids is 1. The Hall–Kier alpha value is -1.62. The molecule has 2 aliphatic heterocycles. The molecule has 1 N–H and O–H groups in total. The molecule has 2 fully saturated rings. The lowest BCUT2D eigenvalue weighted by molar-refractivity contribution is -0.119. The van der Waals surface area contributed by atoms with Gasteiger partial charge in [-0.25, -0.2) is 14.3 Å². The standard InChI is InChI=1S/C13H17FN2O2/c1-3-4-5-10(14)8-11-6-7-12(15-9(2)17)13-16(11)18-13/h3,5,8,12-13H,1,4,6-7H2,2H3,(H,15,17). The van der Waals surface area contributed by atoms with Gasteiger partial charge >= 0.3 is 0 Å². The van der Waals surface area contributed by atoms with E-state index in [0.717, 1.165) is 12.1 Å². The highest BCUT2D eigenvalue weighted by atomic mass is 19.1. The SMILES string of the molecule is C=CCC=C(F)C=C1CCC(NC(C)=O)C2ON12. The lowest BCUT2D eigenvalue weighted by Crippen LogP contribution is -2.40. The highest BCUT2D eigenvalue weighted by Gasteiger charge is 2.48. The topological polar surface area (TPSA) is 44.6 Å². The number of nitrogens with zero attached hydrogens (tertiary/aromatic N) is 1. The summed E-state index contributed by atoms with van der Waals surface area (Å²) in [5.41, 5.74) is 0.819. The van der Waals surface area contributed by atoms with Crippen molar-refractivity contribution in [2.24, 2.45) is 0 Å². The van der Waals surface area contributed by atoms with Gasteiger partial charge in [-0.1, -0.05) is 6.08 Å². The molecule has 0 spiro atoms. The molecule has 18 heavy (non-hydrogen) atoms. The molecule has 2 saturated heterocycles. The number of hydroxylamine groups is 2. The molecule has 0 aromatic carbocycles. The molecule has 2 atom stereocenters. The van der Waals surface area contributed by atoms with Crippen LogP contribution in [0.4, 0.5) is 4.39 Å². The Labute approximate surface area is 106 Å². The van der Waals surface area contributed by atoms with Gasteiger partial charge in [0.2, 0.25) is 12.1 Å². The number of allylic oxidation sites excluding steroid dienone is 5. The monoisotopic (exact) mass is 252 g/mol. The van der Waals surface area contributed by atoms with Gasteiger partial charge in [-0.3, -0.25) is 4.79 Å². The molecule has 0 aromatic rings. The van der Waals surface area contributed by atoms with Crippen LogP contribution >= 0.6 is 0 Å². The number of fused-ring (bicyclic) bond motifs is 1. The zero-order chi connectivity index (χ0) is 13.1. The van der Waals surface area contributed by atoms with Gasteiger partial charge in [-0.05, 0) is 31.4 Å². The summed E-state index contributed by atoms with van der Waals surface area (Å²) in [5, 5.41) is 4.49. The molecular weight excluding hydrogens is 235 g/mol. The van der Waals surface area contributed by atoms with Gasteiger partial charge in [0.15, 0.2) is 0 Å². The molecule has 2 unspecified atom stereocenters. The highest BCUT2D eigenvalue weighted by Crippen LogP contribution is 2.38. The van der Waals surface area contributed by atoms with Crippen LogP contribution in [-0.2, 0) is 9.63 Å². The smallest absolute Gasteiger partial charge is 0.217 e. The van der Waals surface area contributed by atoms with Crippen molar-refractivity contribution in [3.63, 3.8) is 0 Å². The van der Waals surface area contributed by atoms with E-state index >= 15 is 0 Å². The summed E-state index contributed by atoms with van der Waals surface area (Å²) < 4.78 is 13.5. The first-order valence-corrected chi connectivity index (χ1v) is 6.02. The van der Waals surface area contributed by atoms with Crippen molar-refractivity contribution in [3.05, 3.63) is 36.3 Å². The first kappa shape index (κ1) is 12.8. The minimum Gasteiger partial charge on any atom is -0.349 e. The van der Waals surface area contributed by atoms with Crippen molar-refractivity contribution >= 4 is 5.91 Å². The molecular formula is C13H17FN2O2. The number of piperidine rings is 1. The minimum absolute atomic E-state index is 0.000124. The third-order valence-corrected chi connectivity index (χ3v) is 2.92. The Morgan fingerprint density at radius 2 is 2.50 bits per heavy atom. The maximum Gasteiger partial charge on any atom is 0.217 e. The van der Waals surface area contributed by atoms with E-state index in [1.165, 1.54) is 19.1 Å². The summed E-state index contributed by atoms with van der Waals surface area (Å²) in [5.74, 6) is -0.350. The maximum atomic E-state index is 13.5. The summed E-state index contributed by atoms with van der Waals surface area (Å²) in [4.78, 5) is 16.3. The molecule has 4 nitrogen and oxygen atoms in total. The van der Waals surface area contributed by atoms with E-state index in [0.29, 0.717) is 12.8 Å². The first-order valence-electron chi connectivity index (χ1n) is 6.02. The Morgan fingerprint density at radius 1 is 1.72 bits per heavy atom. The van der Waals surface area contributed by atoms with Crippen molar-refractivity contribution < 1.29 is 14.0 Å². The third-order valence-electron chi connectivity index (χ3n) is 2.92. The number of carbonyl (C=O) groups is 1. The van der Waals surface area contributed by atoms with Gasteiger partial charge in [-0.2, -0.15) is 0 Å². The minimum atomic E-state index is -0.280. The quantitative estimate of drug-likeness (QED) is 0.616. The maximum absolute atomic E-state index is 13.5. The molecule has 2 heterocycles. The average Bonchev–Trinajstić information content (AvgIpc) is 3.09. The van der Waals surface area contributed by atoms with Crippen LogP contribution in [0.2, 0.25) is 0 Å². The molecule has 0 radical (unpaired) electrons. The van der Waals surface area contributed by atoms with Gasteiger partial charge in [0.25, 0.3) is 0 Å². The van der Waals surface area contributed by atoms with E-state index in [4.69, 9.17) is 4.84 Å². The van der Waals surface area contributed by atoms with Crippen LogP contribution in [0.3, 0.4) is 0 Å². The van der Waals surface area contributed by atoms with Crippen molar-refractivity contribution in [2.75, 3.05) is 0 Å². The van der Waals surface area contributed by atoms with Crippen molar-refractivity contribution in [3.8, 4) is 0 Å². The number of hydrogen-bond acceptors (Lipinski definition) is 3. The summed E-state index contributed by atoms with van der Waals surface area (Å²) in [6, 6.07) is -0.000124.